The molecule has 1 saturated heterocycles. The lowest BCUT2D eigenvalue weighted by Crippen LogP contribution is -2.63. The van der Waals surface area contributed by atoms with E-state index in [1.807, 2.05) is 13.1 Å². The number of nitrogens with zero attached hydrogens (tertiary/aromatic N) is 4. The molecule has 3 N–H and O–H groups in total. The number of carbonyl (C=O) groups excluding carboxylic acids is 1. The number of aliphatic hydroxyl groups excluding tert-OH is 1. The van der Waals surface area contributed by atoms with Crippen LogP contribution in [0.2, 0.25) is 0 Å². The molecule has 0 bridgehead atoms. The van der Waals surface area contributed by atoms with Crippen LogP contribution in [0.5, 0.6) is 0 Å². The lowest BCUT2D eigenvalue weighted by atomic mass is 9.77. The Balaban J connectivity index is 1.40. The lowest BCUT2D eigenvalue weighted by Gasteiger charge is -2.46. The van der Waals surface area contributed by atoms with Crippen molar-refractivity contribution in [2.75, 3.05) is 25.1 Å². The van der Waals surface area contributed by atoms with Crippen LogP contribution in [-0.2, 0) is 16.1 Å². The van der Waals surface area contributed by atoms with E-state index in [-0.39, 0.29) is 23.6 Å². The minimum Gasteiger partial charge on any atom is -0.477 e. The predicted molar refractivity (Wildman–Crippen MR) is 134 cm³/mol. The molecule has 0 radical (unpaired) electrons. The zero-order valence-electron chi connectivity index (χ0n) is 19.2. The first-order chi connectivity index (χ1) is 16.3. The molecule has 5 heterocycles. The van der Waals surface area contributed by atoms with E-state index < -0.39 is 18.0 Å². The number of carboxylic acid groups (broad SMARTS) is 1. The van der Waals surface area contributed by atoms with E-state index >= 15 is 0 Å². The highest BCUT2D eigenvalue weighted by molar-refractivity contribution is 8.13. The van der Waals surface area contributed by atoms with E-state index in [1.165, 1.54) is 4.90 Å². The number of thioether (sulfide) groups is 2. The number of carbonyl (C=O) groups is 2. The maximum absolute atomic E-state index is 12.6. The average molecular weight is 523 g/mol. The van der Waals surface area contributed by atoms with Gasteiger partial charge in [-0.25, -0.2) is 9.36 Å². The van der Waals surface area contributed by atoms with E-state index in [0.717, 1.165) is 51.7 Å². The SMILES string of the molecule is CSc1c2sc(C3=C(C(=O)O)N4C(=O)[C@H]([C@@H](C)O)[C@H]4[C@H]3C)cn2c[n+]1CCCSC1=NCCN1. The van der Waals surface area contributed by atoms with Gasteiger partial charge in [0, 0.05) is 23.8 Å². The van der Waals surface area contributed by atoms with Gasteiger partial charge in [0.2, 0.25) is 15.8 Å². The van der Waals surface area contributed by atoms with Crippen LogP contribution in [0.3, 0.4) is 0 Å². The number of hydrogen-bond acceptors (Lipinski definition) is 8. The summed E-state index contributed by atoms with van der Waals surface area (Å²) < 4.78 is 4.31. The number of β-lactam (4-membered cyclic amide) rings is 1. The monoisotopic (exact) mass is 522 g/mol. The van der Waals surface area contributed by atoms with E-state index in [2.05, 4.69) is 31.9 Å². The fourth-order valence-electron chi connectivity index (χ4n) is 5.19. The molecule has 3 aliphatic rings. The van der Waals surface area contributed by atoms with Crippen LogP contribution in [0.25, 0.3) is 10.4 Å². The van der Waals surface area contributed by atoms with Crippen molar-refractivity contribution in [2.24, 2.45) is 16.8 Å². The second kappa shape index (κ2) is 9.21. The van der Waals surface area contributed by atoms with Crippen molar-refractivity contribution in [1.29, 1.82) is 0 Å². The van der Waals surface area contributed by atoms with Gasteiger partial charge in [-0.1, -0.05) is 41.8 Å². The molecule has 4 atom stereocenters. The van der Waals surface area contributed by atoms with Crippen molar-refractivity contribution >= 4 is 62.3 Å². The summed E-state index contributed by atoms with van der Waals surface area (Å²) in [7, 11) is 0. The van der Waals surface area contributed by atoms with Crippen LogP contribution in [0, 0.1) is 11.8 Å². The molecule has 2 aromatic rings. The Labute approximate surface area is 209 Å². The Bertz CT molecular complexity index is 1220. The number of imidazole rings is 1. The van der Waals surface area contributed by atoms with Gasteiger partial charge in [0.05, 0.1) is 36.0 Å². The number of aliphatic carboxylic acids is 1. The summed E-state index contributed by atoms with van der Waals surface area (Å²) in [6.07, 6.45) is 6.30. The van der Waals surface area contributed by atoms with Gasteiger partial charge < -0.3 is 20.4 Å². The summed E-state index contributed by atoms with van der Waals surface area (Å²) in [5, 5.41) is 25.5. The molecule has 3 aliphatic heterocycles. The molecule has 12 heteroatoms. The molecule has 0 spiro atoms. The van der Waals surface area contributed by atoms with Crippen molar-refractivity contribution in [3.05, 3.63) is 23.1 Å². The quantitative estimate of drug-likeness (QED) is 0.210. The van der Waals surface area contributed by atoms with E-state index in [1.54, 1.807) is 41.8 Å². The Morgan fingerprint density at radius 2 is 2.26 bits per heavy atom. The van der Waals surface area contributed by atoms with Crippen LogP contribution in [0.1, 0.15) is 25.1 Å². The molecule has 1 amide bonds. The van der Waals surface area contributed by atoms with Gasteiger partial charge in [-0.3, -0.25) is 9.79 Å². The van der Waals surface area contributed by atoms with Gasteiger partial charge in [0.15, 0.2) is 5.17 Å². The highest BCUT2D eigenvalue weighted by Crippen LogP contribution is 2.51. The Morgan fingerprint density at radius 3 is 2.91 bits per heavy atom. The number of aliphatic hydroxyl groups is 1. The largest absolute Gasteiger partial charge is 0.477 e. The van der Waals surface area contributed by atoms with Crippen molar-refractivity contribution in [2.45, 2.75) is 44.0 Å². The molecular formula is C22H28N5O4S3+. The van der Waals surface area contributed by atoms with Crippen molar-refractivity contribution < 1.29 is 24.4 Å². The van der Waals surface area contributed by atoms with Gasteiger partial charge in [0.1, 0.15) is 11.9 Å². The minimum atomic E-state index is -1.10. The normalized spacial score (nSPS) is 24.9. The molecule has 0 saturated carbocycles. The summed E-state index contributed by atoms with van der Waals surface area (Å²) in [4.78, 5) is 32.5. The second-order valence-electron chi connectivity index (χ2n) is 8.76. The highest BCUT2D eigenvalue weighted by atomic mass is 32.2. The fraction of sp³-hybridized carbons (Fsp3) is 0.545. The molecule has 0 aliphatic carbocycles. The highest BCUT2D eigenvalue weighted by Gasteiger charge is 2.60. The molecule has 34 heavy (non-hydrogen) atoms. The number of amidine groups is 1. The number of nitrogens with one attached hydrogen (secondary N) is 1. The van der Waals surface area contributed by atoms with E-state index in [4.69, 9.17) is 0 Å². The van der Waals surface area contributed by atoms with Crippen LogP contribution < -0.4 is 9.88 Å². The smallest absolute Gasteiger partial charge is 0.352 e. The number of amides is 1. The van der Waals surface area contributed by atoms with Crippen LogP contribution in [-0.4, -0.2) is 73.8 Å². The third-order valence-corrected chi connectivity index (χ3v) is 9.79. The molecule has 0 aromatic carbocycles. The number of aromatic nitrogens is 2. The number of hydrogen-bond donors (Lipinski definition) is 3. The molecule has 0 unspecified atom stereocenters. The van der Waals surface area contributed by atoms with Gasteiger partial charge >= 0.3 is 5.97 Å². The number of carboxylic acids is 1. The number of rotatable bonds is 8. The van der Waals surface area contributed by atoms with E-state index in [9.17, 15) is 19.8 Å². The number of thiazole rings is 1. The van der Waals surface area contributed by atoms with E-state index in [0.29, 0.717) is 5.57 Å². The summed E-state index contributed by atoms with van der Waals surface area (Å²) in [5.41, 5.74) is 0.741. The van der Waals surface area contributed by atoms with Gasteiger partial charge in [-0.05, 0) is 19.6 Å². The Kier molecular flexibility index (Phi) is 6.42. The van der Waals surface area contributed by atoms with Crippen LogP contribution >= 0.6 is 34.9 Å². The first-order valence-corrected chi connectivity index (χ1v) is 14.3. The molecule has 9 nitrogen and oxygen atoms in total. The van der Waals surface area contributed by atoms with Crippen LogP contribution in [0.4, 0.5) is 0 Å². The zero-order valence-corrected chi connectivity index (χ0v) is 21.7. The summed E-state index contributed by atoms with van der Waals surface area (Å²) in [5.74, 6) is -1.13. The number of aryl methyl sites for hydroxylation is 1. The van der Waals surface area contributed by atoms with Crippen molar-refractivity contribution in [3.8, 4) is 0 Å². The zero-order chi connectivity index (χ0) is 24.1. The molecule has 2 aromatic heterocycles. The lowest BCUT2D eigenvalue weighted by molar-refractivity contribution is -0.729. The first kappa shape index (κ1) is 23.7. The summed E-state index contributed by atoms with van der Waals surface area (Å²) in [6.45, 7) is 6.23. The number of aliphatic imine (C=N–C) groups is 1. The van der Waals surface area contributed by atoms with Gasteiger partial charge in [-0.2, -0.15) is 4.40 Å². The van der Waals surface area contributed by atoms with Gasteiger partial charge in [-0.15, -0.1) is 0 Å². The number of fused-ring (bicyclic) bond motifs is 2. The maximum Gasteiger partial charge on any atom is 0.352 e. The summed E-state index contributed by atoms with van der Waals surface area (Å²) >= 11 is 5.00. The van der Waals surface area contributed by atoms with Crippen LogP contribution in [0.15, 0.2) is 28.2 Å². The third kappa shape index (κ3) is 3.75. The standard InChI is InChI=1S/C22H27N5O4S3/c1-11-14(17(21(30)31)27-16(11)15(12(2)28)18(27)29)13-9-26-10-25(19(32-3)20(26)34-13)7-4-8-33-22-23-5-6-24-22/h9-12,15-16,28H,4-8H2,1-3H3,(H-,23,24,30,31)/p+1/t11-,12+,15+,16+/m0/s1. The first-order valence-electron chi connectivity index (χ1n) is 11.3. The molecule has 5 rings (SSSR count). The molecule has 1 fully saturated rings. The molecular weight excluding hydrogens is 494 g/mol. The Hall–Kier alpha value is -2.02. The predicted octanol–water partition coefficient (Wildman–Crippen LogP) is 1.75. The molecule has 182 valence electrons. The van der Waals surface area contributed by atoms with Crippen molar-refractivity contribution in [3.63, 3.8) is 0 Å². The van der Waals surface area contributed by atoms with Gasteiger partial charge in [0.25, 0.3) is 6.33 Å². The third-order valence-electron chi connectivity index (χ3n) is 6.66. The second-order valence-corrected chi connectivity index (χ2v) is 11.7. The minimum absolute atomic E-state index is 0.0583. The summed E-state index contributed by atoms with van der Waals surface area (Å²) in [6, 6.07) is -0.309. The Morgan fingerprint density at radius 1 is 1.47 bits per heavy atom. The fourth-order valence-corrected chi connectivity index (χ4v) is 8.25. The topological polar surface area (TPSA) is 111 Å². The maximum atomic E-state index is 12.6. The van der Waals surface area contributed by atoms with Crippen molar-refractivity contribution in [1.82, 2.24) is 14.6 Å². The average Bonchev–Trinajstić information content (AvgIpc) is 3.53.